The number of carbonyl (C=O) groups is 2. The largest absolute Gasteiger partial charge is 0.481 e. The fourth-order valence-electron chi connectivity index (χ4n) is 2.73. The molecule has 0 radical (unpaired) electrons. The standard InChI is InChI=1S/C12H19NO4/c1-7-5-8(6-17-7)11(14)13-10-4-2-3-9(10)12(15)16/h7-10H,2-6H2,1H3,(H,13,14)(H,15,16). The van der Waals surface area contributed by atoms with E-state index in [4.69, 9.17) is 9.84 Å². The van der Waals surface area contributed by atoms with E-state index < -0.39 is 11.9 Å². The molecule has 4 unspecified atom stereocenters. The molecule has 96 valence electrons. The summed E-state index contributed by atoms with van der Waals surface area (Å²) in [6.45, 7) is 2.40. The highest BCUT2D eigenvalue weighted by atomic mass is 16.5. The monoisotopic (exact) mass is 241 g/mol. The van der Waals surface area contributed by atoms with Crippen molar-refractivity contribution in [3.63, 3.8) is 0 Å². The normalized spacial score (nSPS) is 37.0. The van der Waals surface area contributed by atoms with E-state index in [0.29, 0.717) is 13.0 Å². The van der Waals surface area contributed by atoms with Crippen LogP contribution in [0.25, 0.3) is 0 Å². The van der Waals surface area contributed by atoms with Crippen molar-refractivity contribution in [2.45, 2.75) is 44.8 Å². The number of aliphatic carboxylic acids is 1. The lowest BCUT2D eigenvalue weighted by Crippen LogP contribution is -2.43. The highest BCUT2D eigenvalue weighted by molar-refractivity contribution is 5.80. The first-order valence-corrected chi connectivity index (χ1v) is 6.22. The van der Waals surface area contributed by atoms with Gasteiger partial charge in [-0.3, -0.25) is 9.59 Å². The second kappa shape index (κ2) is 5.04. The highest BCUT2D eigenvalue weighted by Gasteiger charge is 2.36. The molecule has 1 saturated carbocycles. The maximum Gasteiger partial charge on any atom is 0.308 e. The van der Waals surface area contributed by atoms with E-state index in [1.807, 2.05) is 6.92 Å². The summed E-state index contributed by atoms with van der Waals surface area (Å²) in [5.74, 6) is -1.38. The number of carboxylic acids is 1. The van der Waals surface area contributed by atoms with E-state index in [1.165, 1.54) is 0 Å². The first kappa shape index (κ1) is 12.4. The molecule has 0 aromatic carbocycles. The number of ether oxygens (including phenoxy) is 1. The molecule has 0 aromatic rings. The zero-order valence-electron chi connectivity index (χ0n) is 10.0. The van der Waals surface area contributed by atoms with Crippen molar-refractivity contribution in [3.05, 3.63) is 0 Å². The summed E-state index contributed by atoms with van der Waals surface area (Å²) in [7, 11) is 0. The molecule has 2 fully saturated rings. The van der Waals surface area contributed by atoms with Gasteiger partial charge in [-0.2, -0.15) is 0 Å². The van der Waals surface area contributed by atoms with Gasteiger partial charge in [0.05, 0.1) is 24.5 Å². The Morgan fingerprint density at radius 2 is 2.12 bits per heavy atom. The third-order valence-electron chi connectivity index (χ3n) is 3.73. The summed E-state index contributed by atoms with van der Waals surface area (Å²) < 4.78 is 5.35. The number of amides is 1. The van der Waals surface area contributed by atoms with Crippen LogP contribution in [0.1, 0.15) is 32.6 Å². The average Bonchev–Trinajstić information content (AvgIpc) is 2.86. The quantitative estimate of drug-likeness (QED) is 0.765. The molecule has 1 aliphatic heterocycles. The Balaban J connectivity index is 1.88. The van der Waals surface area contributed by atoms with Crippen LogP contribution in [0.5, 0.6) is 0 Å². The van der Waals surface area contributed by atoms with Crippen LogP contribution < -0.4 is 5.32 Å². The zero-order chi connectivity index (χ0) is 12.4. The van der Waals surface area contributed by atoms with E-state index in [2.05, 4.69) is 5.32 Å². The van der Waals surface area contributed by atoms with Gasteiger partial charge in [0.2, 0.25) is 5.91 Å². The lowest BCUT2D eigenvalue weighted by Gasteiger charge is -2.19. The van der Waals surface area contributed by atoms with Crippen molar-refractivity contribution in [3.8, 4) is 0 Å². The van der Waals surface area contributed by atoms with Gasteiger partial charge < -0.3 is 15.2 Å². The number of hydrogen-bond acceptors (Lipinski definition) is 3. The summed E-state index contributed by atoms with van der Waals surface area (Å²) in [6, 6.07) is -0.198. The third kappa shape index (κ3) is 2.77. The number of rotatable bonds is 3. The van der Waals surface area contributed by atoms with Crippen LogP contribution in [0.15, 0.2) is 0 Å². The summed E-state index contributed by atoms with van der Waals surface area (Å²) in [5.41, 5.74) is 0. The van der Waals surface area contributed by atoms with E-state index in [1.54, 1.807) is 0 Å². The lowest BCUT2D eigenvalue weighted by molar-refractivity contribution is -0.142. The number of nitrogens with one attached hydrogen (secondary N) is 1. The molecule has 0 bridgehead atoms. The van der Waals surface area contributed by atoms with Crippen molar-refractivity contribution >= 4 is 11.9 Å². The Morgan fingerprint density at radius 1 is 1.35 bits per heavy atom. The van der Waals surface area contributed by atoms with Crippen LogP contribution in [0, 0.1) is 11.8 Å². The first-order chi connectivity index (χ1) is 8.08. The molecular weight excluding hydrogens is 222 g/mol. The predicted octanol–water partition coefficient (Wildman–Crippen LogP) is 0.781. The van der Waals surface area contributed by atoms with Crippen molar-refractivity contribution in [2.24, 2.45) is 11.8 Å². The molecule has 1 amide bonds. The van der Waals surface area contributed by atoms with Gasteiger partial charge >= 0.3 is 5.97 Å². The maximum absolute atomic E-state index is 11.9. The number of hydrogen-bond donors (Lipinski definition) is 2. The van der Waals surface area contributed by atoms with E-state index in [9.17, 15) is 9.59 Å². The van der Waals surface area contributed by atoms with Gasteiger partial charge in [0, 0.05) is 6.04 Å². The lowest BCUT2D eigenvalue weighted by atomic mass is 10.0. The van der Waals surface area contributed by atoms with Gasteiger partial charge in [-0.05, 0) is 26.2 Å². The second-order valence-corrected chi connectivity index (χ2v) is 5.07. The van der Waals surface area contributed by atoms with Gasteiger partial charge in [-0.15, -0.1) is 0 Å². The average molecular weight is 241 g/mol. The number of carboxylic acid groups (broad SMARTS) is 1. The predicted molar refractivity (Wildman–Crippen MR) is 60.4 cm³/mol. The number of carbonyl (C=O) groups excluding carboxylic acids is 1. The van der Waals surface area contributed by atoms with E-state index in [0.717, 1.165) is 19.3 Å². The van der Waals surface area contributed by atoms with E-state index in [-0.39, 0.29) is 24.0 Å². The fourth-order valence-corrected chi connectivity index (χ4v) is 2.73. The molecule has 0 aromatic heterocycles. The Bertz CT molecular complexity index is 318. The molecule has 17 heavy (non-hydrogen) atoms. The van der Waals surface area contributed by atoms with E-state index >= 15 is 0 Å². The Hall–Kier alpha value is -1.10. The Morgan fingerprint density at radius 3 is 2.71 bits per heavy atom. The summed E-state index contributed by atoms with van der Waals surface area (Å²) >= 11 is 0. The van der Waals surface area contributed by atoms with Gasteiger partial charge in [0.1, 0.15) is 0 Å². The summed E-state index contributed by atoms with van der Waals surface area (Å²) in [5, 5.41) is 11.9. The van der Waals surface area contributed by atoms with Crippen molar-refractivity contribution in [2.75, 3.05) is 6.61 Å². The molecule has 0 spiro atoms. The minimum Gasteiger partial charge on any atom is -0.481 e. The molecule has 2 aliphatic rings. The van der Waals surface area contributed by atoms with Crippen LogP contribution >= 0.6 is 0 Å². The minimum absolute atomic E-state index is 0.0486. The SMILES string of the molecule is CC1CC(C(=O)NC2CCCC2C(=O)O)CO1. The summed E-state index contributed by atoms with van der Waals surface area (Å²) in [4.78, 5) is 22.9. The molecule has 2 N–H and O–H groups in total. The highest BCUT2D eigenvalue weighted by Crippen LogP contribution is 2.27. The molecule has 1 saturated heterocycles. The minimum atomic E-state index is -0.802. The van der Waals surface area contributed by atoms with Crippen LogP contribution in [-0.4, -0.2) is 35.7 Å². The van der Waals surface area contributed by atoms with Crippen molar-refractivity contribution in [1.29, 1.82) is 0 Å². The molecule has 5 heteroatoms. The molecule has 1 heterocycles. The maximum atomic E-state index is 11.9. The van der Waals surface area contributed by atoms with Gasteiger partial charge in [-0.1, -0.05) is 6.42 Å². The van der Waals surface area contributed by atoms with Gasteiger partial charge in [0.25, 0.3) is 0 Å². The van der Waals surface area contributed by atoms with Crippen molar-refractivity contribution < 1.29 is 19.4 Å². The van der Waals surface area contributed by atoms with Crippen molar-refractivity contribution in [1.82, 2.24) is 5.32 Å². The van der Waals surface area contributed by atoms with Crippen LogP contribution in [-0.2, 0) is 14.3 Å². The van der Waals surface area contributed by atoms with Gasteiger partial charge in [0.15, 0.2) is 0 Å². The second-order valence-electron chi connectivity index (χ2n) is 5.07. The smallest absolute Gasteiger partial charge is 0.308 e. The van der Waals surface area contributed by atoms with Crippen LogP contribution in [0.2, 0.25) is 0 Å². The fraction of sp³-hybridized carbons (Fsp3) is 0.833. The molecular formula is C12H19NO4. The topological polar surface area (TPSA) is 75.6 Å². The van der Waals surface area contributed by atoms with Crippen LogP contribution in [0.4, 0.5) is 0 Å². The summed E-state index contributed by atoms with van der Waals surface area (Å²) in [6.07, 6.45) is 3.17. The Labute approximate surface area is 101 Å². The molecule has 1 aliphatic carbocycles. The third-order valence-corrected chi connectivity index (χ3v) is 3.73. The zero-order valence-corrected chi connectivity index (χ0v) is 10.0. The molecule has 2 rings (SSSR count). The Kier molecular flexibility index (Phi) is 3.66. The molecule has 5 nitrogen and oxygen atoms in total. The van der Waals surface area contributed by atoms with Crippen LogP contribution in [0.3, 0.4) is 0 Å². The van der Waals surface area contributed by atoms with Gasteiger partial charge in [-0.25, -0.2) is 0 Å². The first-order valence-electron chi connectivity index (χ1n) is 6.22. The molecule has 4 atom stereocenters.